The normalized spacial score (nSPS) is 14.5. The van der Waals surface area contributed by atoms with Crippen LogP contribution >= 0.6 is 0 Å². The Hall–Kier alpha value is -4.41. The number of carbonyl (C=O) groups excluding carboxylic acids is 4. The summed E-state index contributed by atoms with van der Waals surface area (Å²) < 4.78 is 0. The summed E-state index contributed by atoms with van der Waals surface area (Å²) in [7, 11) is 0. The van der Waals surface area contributed by atoms with E-state index in [1.54, 1.807) is 24.5 Å². The number of aliphatic hydroxyl groups excluding tert-OH is 1. The molecule has 2 heterocycles. The van der Waals surface area contributed by atoms with Gasteiger partial charge >= 0.3 is 5.97 Å². The lowest BCUT2D eigenvalue weighted by atomic mass is 10.1. The first-order valence-corrected chi connectivity index (χ1v) is 13.4. The van der Waals surface area contributed by atoms with Crippen molar-refractivity contribution < 1.29 is 34.2 Å². The van der Waals surface area contributed by atoms with Crippen LogP contribution in [0, 0.1) is 0 Å². The fourth-order valence-corrected chi connectivity index (χ4v) is 3.91. The summed E-state index contributed by atoms with van der Waals surface area (Å²) >= 11 is 0. The maximum atomic E-state index is 13.3. The topological polar surface area (TPSA) is 268 Å². The van der Waals surface area contributed by atoms with Gasteiger partial charge in [0, 0.05) is 25.0 Å². The summed E-state index contributed by atoms with van der Waals surface area (Å²) in [5.41, 5.74) is 12.7. The Morgan fingerprint density at radius 3 is 2.36 bits per heavy atom. The van der Waals surface area contributed by atoms with Gasteiger partial charge in [0.25, 0.3) is 0 Å². The number of aromatic nitrogens is 3. The van der Waals surface area contributed by atoms with Crippen LogP contribution in [0.25, 0.3) is 0 Å². The molecule has 2 aromatic heterocycles. The number of imidazole rings is 1. The number of rotatable bonds is 18. The molecule has 2 aromatic rings. The summed E-state index contributed by atoms with van der Waals surface area (Å²) in [4.78, 5) is 73.6. The minimum Gasteiger partial charge on any atom is -0.480 e. The Morgan fingerprint density at radius 2 is 1.76 bits per heavy atom. The Morgan fingerprint density at radius 1 is 1.02 bits per heavy atom. The van der Waals surface area contributed by atoms with Gasteiger partial charge in [0.2, 0.25) is 23.6 Å². The van der Waals surface area contributed by atoms with E-state index in [4.69, 9.17) is 11.5 Å². The van der Waals surface area contributed by atoms with Gasteiger partial charge in [-0.1, -0.05) is 6.07 Å². The molecule has 0 unspecified atom stereocenters. The second-order valence-corrected chi connectivity index (χ2v) is 9.69. The van der Waals surface area contributed by atoms with E-state index in [0.717, 1.165) is 5.56 Å². The molecule has 4 amide bonds. The van der Waals surface area contributed by atoms with Crippen LogP contribution in [0.5, 0.6) is 0 Å². The van der Waals surface area contributed by atoms with E-state index in [1.807, 2.05) is 0 Å². The smallest absolute Gasteiger partial charge is 0.328 e. The number of amides is 4. The molecule has 0 aliphatic heterocycles. The second kappa shape index (κ2) is 17.4. The molecule has 0 aromatic carbocycles. The molecular formula is C26H39N9O7. The third kappa shape index (κ3) is 11.6. The molecule has 0 saturated carbocycles. The summed E-state index contributed by atoms with van der Waals surface area (Å²) in [6.07, 6.45) is 5.92. The van der Waals surface area contributed by atoms with E-state index in [-0.39, 0.29) is 19.3 Å². The lowest BCUT2D eigenvalue weighted by Gasteiger charge is -2.25. The monoisotopic (exact) mass is 589 g/mol. The molecule has 2 rings (SSSR count). The quantitative estimate of drug-likeness (QED) is 0.0795. The molecule has 0 spiro atoms. The van der Waals surface area contributed by atoms with Crippen LogP contribution in [0.1, 0.15) is 37.4 Å². The van der Waals surface area contributed by atoms with Crippen molar-refractivity contribution in [2.24, 2.45) is 11.5 Å². The largest absolute Gasteiger partial charge is 0.480 e. The Bertz CT molecular complexity index is 1160. The molecular weight excluding hydrogens is 550 g/mol. The van der Waals surface area contributed by atoms with Gasteiger partial charge < -0.3 is 47.9 Å². The Kier molecular flexibility index (Phi) is 14.0. The second-order valence-electron chi connectivity index (χ2n) is 9.69. The summed E-state index contributed by atoms with van der Waals surface area (Å²) in [5, 5.41) is 28.8. The predicted octanol–water partition coefficient (Wildman–Crippen LogP) is -2.92. The minimum absolute atomic E-state index is 0.0574. The molecule has 5 atom stereocenters. The van der Waals surface area contributed by atoms with E-state index >= 15 is 0 Å². The van der Waals surface area contributed by atoms with Crippen molar-refractivity contribution in [1.82, 2.24) is 36.2 Å². The van der Waals surface area contributed by atoms with Crippen LogP contribution in [0.2, 0.25) is 0 Å². The number of H-pyrrole nitrogens is 1. The highest BCUT2D eigenvalue weighted by Crippen LogP contribution is 2.06. The van der Waals surface area contributed by atoms with Crippen molar-refractivity contribution in [2.75, 3.05) is 13.1 Å². The summed E-state index contributed by atoms with van der Waals surface area (Å²) in [6.45, 7) is 1.07. The number of carboxylic acids is 1. The number of nitrogens with two attached hydrogens (primary N) is 2. The zero-order chi connectivity index (χ0) is 31.1. The molecule has 0 aliphatic carbocycles. The average Bonchev–Trinajstić information content (AvgIpc) is 3.47. The van der Waals surface area contributed by atoms with Crippen molar-refractivity contribution in [2.45, 2.75) is 69.3 Å². The number of hydrogen-bond acceptors (Lipinski definition) is 10. The molecule has 0 aliphatic rings. The number of aromatic amines is 1. The maximum absolute atomic E-state index is 13.3. The van der Waals surface area contributed by atoms with E-state index in [2.05, 4.69) is 36.2 Å². The van der Waals surface area contributed by atoms with Gasteiger partial charge in [-0.3, -0.25) is 24.2 Å². The van der Waals surface area contributed by atoms with Crippen LogP contribution in [-0.4, -0.2) is 98.1 Å². The number of hydrogen-bond donors (Lipinski definition) is 9. The fraction of sp³-hybridized carbons (Fsp3) is 0.500. The first-order valence-electron chi connectivity index (χ1n) is 13.4. The van der Waals surface area contributed by atoms with Gasteiger partial charge in [-0.15, -0.1) is 0 Å². The van der Waals surface area contributed by atoms with E-state index in [9.17, 15) is 34.2 Å². The molecule has 42 heavy (non-hydrogen) atoms. The number of aliphatic carboxylic acids is 1. The highest BCUT2D eigenvalue weighted by atomic mass is 16.4. The molecule has 16 nitrogen and oxygen atoms in total. The van der Waals surface area contributed by atoms with E-state index in [0.29, 0.717) is 25.1 Å². The number of aliphatic hydroxyl groups is 1. The van der Waals surface area contributed by atoms with Crippen molar-refractivity contribution in [3.8, 4) is 0 Å². The average molecular weight is 590 g/mol. The molecule has 230 valence electrons. The third-order valence-corrected chi connectivity index (χ3v) is 6.18. The van der Waals surface area contributed by atoms with Crippen molar-refractivity contribution in [3.05, 3.63) is 48.3 Å². The third-order valence-electron chi connectivity index (χ3n) is 6.18. The molecule has 11 N–H and O–H groups in total. The number of unbranched alkanes of at least 4 members (excludes halogenated alkanes) is 1. The van der Waals surface area contributed by atoms with Crippen LogP contribution in [0.15, 0.2) is 37.1 Å². The maximum Gasteiger partial charge on any atom is 0.328 e. The molecule has 16 heteroatoms. The van der Waals surface area contributed by atoms with Crippen LogP contribution in [0.4, 0.5) is 0 Å². The van der Waals surface area contributed by atoms with Gasteiger partial charge in [-0.25, -0.2) is 9.78 Å². The number of carbonyl (C=O) groups is 5. The summed E-state index contributed by atoms with van der Waals surface area (Å²) in [5.74, 6) is -4.30. The fourth-order valence-electron chi connectivity index (χ4n) is 3.91. The Labute approximate surface area is 242 Å². The van der Waals surface area contributed by atoms with Crippen LogP contribution in [0.3, 0.4) is 0 Å². The summed E-state index contributed by atoms with van der Waals surface area (Å²) in [6, 6.07) is -1.46. The standard InChI is InChI=1S/C26H39N9O7/c1-15(36)22(26(41)42)35-24(39)19(6-2-3-7-27)34-25(40)20(10-17-12-30-14-32-17)33-21(37)13-31-23(38)18(28)9-16-5-4-8-29-11-16/h4-5,8,11-12,14-15,18-20,22,36H,2-3,6-7,9-10,13,27-28H2,1H3,(H,30,32)(H,31,38)(H,33,37)(H,34,40)(H,35,39)(H,41,42)/t15-,18+,19+,20+,22+/m1/s1. The SMILES string of the molecule is C[C@@H](O)[C@H](NC(=O)[C@H](CCCCN)NC(=O)[C@H](Cc1c[nH]cn1)NC(=O)CNC(=O)[C@@H](N)Cc1cccnc1)C(=O)O. The Balaban J connectivity index is 2.08. The zero-order valence-electron chi connectivity index (χ0n) is 23.3. The minimum atomic E-state index is -1.60. The van der Waals surface area contributed by atoms with Crippen molar-refractivity contribution in [1.29, 1.82) is 0 Å². The van der Waals surface area contributed by atoms with E-state index < -0.39 is 66.4 Å². The number of pyridine rings is 1. The predicted molar refractivity (Wildman–Crippen MR) is 149 cm³/mol. The molecule has 0 bridgehead atoms. The van der Waals surface area contributed by atoms with E-state index in [1.165, 1.54) is 19.4 Å². The highest BCUT2D eigenvalue weighted by molar-refractivity contribution is 5.94. The molecule has 0 saturated heterocycles. The van der Waals surface area contributed by atoms with Gasteiger partial charge in [-0.05, 0) is 50.8 Å². The van der Waals surface area contributed by atoms with Gasteiger partial charge in [0.15, 0.2) is 6.04 Å². The molecule has 0 fully saturated rings. The van der Waals surface area contributed by atoms with Crippen molar-refractivity contribution in [3.63, 3.8) is 0 Å². The molecule has 0 radical (unpaired) electrons. The van der Waals surface area contributed by atoms with Gasteiger partial charge in [0.1, 0.15) is 12.1 Å². The van der Waals surface area contributed by atoms with Crippen LogP contribution < -0.4 is 32.7 Å². The van der Waals surface area contributed by atoms with Gasteiger partial charge in [-0.2, -0.15) is 0 Å². The number of carboxylic acid groups (broad SMARTS) is 1. The lowest BCUT2D eigenvalue weighted by molar-refractivity contribution is -0.145. The first kappa shape index (κ1) is 33.8. The van der Waals surface area contributed by atoms with Crippen molar-refractivity contribution >= 4 is 29.6 Å². The first-order chi connectivity index (χ1) is 20.0. The van der Waals surface area contributed by atoms with Gasteiger partial charge in [0.05, 0.1) is 30.7 Å². The lowest BCUT2D eigenvalue weighted by Crippen LogP contribution is -2.58. The number of nitrogens with zero attached hydrogens (tertiary/aromatic N) is 2. The number of nitrogens with one attached hydrogen (secondary N) is 5. The zero-order valence-corrected chi connectivity index (χ0v) is 23.3. The highest BCUT2D eigenvalue weighted by Gasteiger charge is 2.31. The van der Waals surface area contributed by atoms with Crippen LogP contribution in [-0.2, 0) is 36.8 Å².